The van der Waals surface area contributed by atoms with E-state index < -0.39 is 21.2 Å². The van der Waals surface area contributed by atoms with Gasteiger partial charge in [0.2, 0.25) is 10.0 Å². The average Bonchev–Trinajstić information content (AvgIpc) is 2.89. The monoisotopic (exact) mass is 268 g/mol. The van der Waals surface area contributed by atoms with Gasteiger partial charge in [-0.1, -0.05) is 0 Å². The zero-order valence-electron chi connectivity index (χ0n) is 8.19. The summed E-state index contributed by atoms with van der Waals surface area (Å²) in [6.07, 6.45) is -1.24. The first-order chi connectivity index (χ1) is 7.48. The number of hydrogen-bond acceptors (Lipinski definition) is 4. The van der Waals surface area contributed by atoms with Crippen molar-refractivity contribution in [3.05, 3.63) is 16.6 Å². The summed E-state index contributed by atoms with van der Waals surface area (Å²) >= 11 is 1.28. The third-order valence-corrected chi connectivity index (χ3v) is 5.53. The summed E-state index contributed by atoms with van der Waals surface area (Å²) in [6, 6.07) is 0. The Morgan fingerprint density at radius 1 is 1.56 bits per heavy atom. The van der Waals surface area contributed by atoms with Crippen molar-refractivity contribution in [2.45, 2.75) is 30.6 Å². The fourth-order valence-electron chi connectivity index (χ4n) is 1.37. The van der Waals surface area contributed by atoms with Gasteiger partial charge in [-0.25, -0.2) is 26.9 Å². The molecule has 0 unspecified atom stereocenters. The van der Waals surface area contributed by atoms with Gasteiger partial charge in [0, 0.05) is 11.6 Å². The summed E-state index contributed by atoms with van der Waals surface area (Å²) in [4.78, 5) is 3.87. The highest BCUT2D eigenvalue weighted by Gasteiger charge is 2.61. The van der Waals surface area contributed by atoms with E-state index in [-0.39, 0.29) is 19.4 Å². The molecule has 1 aromatic heterocycles. The number of alkyl halides is 2. The van der Waals surface area contributed by atoms with Crippen molar-refractivity contribution < 1.29 is 17.2 Å². The Kier molecular flexibility index (Phi) is 2.97. The SMILES string of the molecule is O=S(=O)(NCc1nccs1)C1(C(F)F)CC1. The molecule has 0 radical (unpaired) electrons. The zero-order valence-corrected chi connectivity index (χ0v) is 9.82. The third-order valence-electron chi connectivity index (χ3n) is 2.57. The molecule has 1 aliphatic rings. The number of aromatic nitrogens is 1. The molecule has 0 aliphatic heterocycles. The summed E-state index contributed by atoms with van der Waals surface area (Å²) in [5.74, 6) is 0. The molecule has 90 valence electrons. The van der Waals surface area contributed by atoms with E-state index in [9.17, 15) is 17.2 Å². The minimum Gasteiger partial charge on any atom is -0.248 e. The van der Waals surface area contributed by atoms with Gasteiger partial charge in [-0.15, -0.1) is 11.3 Å². The number of hydrogen-bond donors (Lipinski definition) is 1. The molecule has 8 heteroatoms. The van der Waals surface area contributed by atoms with Crippen molar-refractivity contribution in [2.75, 3.05) is 0 Å². The molecule has 0 saturated heterocycles. The van der Waals surface area contributed by atoms with E-state index in [4.69, 9.17) is 0 Å². The van der Waals surface area contributed by atoms with Gasteiger partial charge >= 0.3 is 0 Å². The van der Waals surface area contributed by atoms with Gasteiger partial charge in [-0.05, 0) is 12.8 Å². The fourth-order valence-corrected chi connectivity index (χ4v) is 3.50. The van der Waals surface area contributed by atoms with Crippen LogP contribution in [-0.2, 0) is 16.6 Å². The molecule has 4 nitrogen and oxygen atoms in total. The molecule has 0 atom stereocenters. The van der Waals surface area contributed by atoms with Gasteiger partial charge < -0.3 is 0 Å². The molecule has 1 fully saturated rings. The number of halogens is 2. The zero-order chi connectivity index (χ0) is 11.8. The highest BCUT2D eigenvalue weighted by Crippen LogP contribution is 2.47. The topological polar surface area (TPSA) is 59.1 Å². The van der Waals surface area contributed by atoms with E-state index in [2.05, 4.69) is 9.71 Å². The predicted octanol–water partition coefficient (Wildman–Crippen LogP) is 1.36. The van der Waals surface area contributed by atoms with E-state index in [1.165, 1.54) is 17.5 Å². The van der Waals surface area contributed by atoms with Gasteiger partial charge in [0.05, 0.1) is 6.54 Å². The molecule has 0 spiro atoms. The summed E-state index contributed by atoms with van der Waals surface area (Å²) < 4.78 is 48.8. The van der Waals surface area contributed by atoms with E-state index in [1.54, 1.807) is 5.38 Å². The fraction of sp³-hybridized carbons (Fsp3) is 0.625. The molecule has 1 aromatic rings. The van der Waals surface area contributed by atoms with Crippen LogP contribution in [0, 0.1) is 0 Å². The second-order valence-corrected chi connectivity index (χ2v) is 6.70. The van der Waals surface area contributed by atoms with Crippen LogP contribution in [0.15, 0.2) is 11.6 Å². The van der Waals surface area contributed by atoms with Crippen molar-refractivity contribution in [1.29, 1.82) is 0 Å². The summed E-state index contributed by atoms with van der Waals surface area (Å²) in [7, 11) is -3.96. The standard InChI is InChI=1S/C8H10F2N2O2S2/c9-7(10)8(1-2-8)16(13,14)12-5-6-11-3-4-15-6/h3-4,7,12H,1-2,5H2. The van der Waals surface area contributed by atoms with Crippen molar-refractivity contribution in [3.8, 4) is 0 Å². The van der Waals surface area contributed by atoms with Crippen molar-refractivity contribution >= 4 is 21.4 Å². The maximum Gasteiger partial charge on any atom is 0.259 e. The van der Waals surface area contributed by atoms with Gasteiger partial charge in [0.15, 0.2) is 0 Å². The van der Waals surface area contributed by atoms with E-state index in [0.29, 0.717) is 5.01 Å². The summed E-state index contributed by atoms with van der Waals surface area (Å²) in [5.41, 5.74) is 0. The predicted molar refractivity (Wildman–Crippen MR) is 55.8 cm³/mol. The van der Waals surface area contributed by atoms with Crippen LogP contribution in [0.25, 0.3) is 0 Å². The van der Waals surface area contributed by atoms with Crippen LogP contribution >= 0.6 is 11.3 Å². The van der Waals surface area contributed by atoms with Crippen LogP contribution in [0.2, 0.25) is 0 Å². The lowest BCUT2D eigenvalue weighted by Gasteiger charge is -2.15. The molecular formula is C8H10F2N2O2S2. The first-order valence-corrected chi connectivity index (χ1v) is 7.00. The van der Waals surface area contributed by atoms with Crippen LogP contribution in [0.4, 0.5) is 8.78 Å². The van der Waals surface area contributed by atoms with Crippen LogP contribution < -0.4 is 4.72 Å². The van der Waals surface area contributed by atoms with E-state index >= 15 is 0 Å². The van der Waals surface area contributed by atoms with Crippen molar-refractivity contribution in [2.24, 2.45) is 0 Å². The molecule has 0 aromatic carbocycles. The van der Waals surface area contributed by atoms with Gasteiger partial charge in [0.1, 0.15) is 9.75 Å². The van der Waals surface area contributed by atoms with Crippen LogP contribution in [-0.4, -0.2) is 24.6 Å². The maximum absolute atomic E-state index is 12.6. The maximum atomic E-state index is 12.6. The normalized spacial score (nSPS) is 18.9. The average molecular weight is 268 g/mol. The highest BCUT2D eigenvalue weighted by molar-refractivity contribution is 7.91. The van der Waals surface area contributed by atoms with Gasteiger partial charge in [-0.3, -0.25) is 0 Å². The smallest absolute Gasteiger partial charge is 0.248 e. The van der Waals surface area contributed by atoms with E-state index in [1.807, 2.05) is 0 Å². The first kappa shape index (κ1) is 11.9. The minimum absolute atomic E-state index is 0.0194. The van der Waals surface area contributed by atoms with Crippen LogP contribution in [0.3, 0.4) is 0 Å². The number of thiazole rings is 1. The van der Waals surface area contributed by atoms with E-state index in [0.717, 1.165) is 0 Å². The van der Waals surface area contributed by atoms with Gasteiger partial charge in [0.25, 0.3) is 6.43 Å². The molecule has 1 heterocycles. The Morgan fingerprint density at radius 3 is 2.69 bits per heavy atom. The lowest BCUT2D eigenvalue weighted by molar-refractivity contribution is 0.132. The van der Waals surface area contributed by atoms with Gasteiger partial charge in [-0.2, -0.15) is 0 Å². The van der Waals surface area contributed by atoms with Crippen LogP contribution in [0.5, 0.6) is 0 Å². The van der Waals surface area contributed by atoms with Crippen molar-refractivity contribution in [1.82, 2.24) is 9.71 Å². The molecule has 0 amide bonds. The number of rotatable bonds is 5. The molecular weight excluding hydrogens is 258 g/mol. The lowest BCUT2D eigenvalue weighted by atomic mass is 10.4. The quantitative estimate of drug-likeness (QED) is 0.877. The Labute approximate surface area is 95.8 Å². The highest BCUT2D eigenvalue weighted by atomic mass is 32.2. The summed E-state index contributed by atoms with van der Waals surface area (Å²) in [5, 5.41) is 2.26. The molecule has 1 aliphatic carbocycles. The number of sulfonamides is 1. The molecule has 1 N–H and O–H groups in total. The lowest BCUT2D eigenvalue weighted by Crippen LogP contribution is -2.40. The third kappa shape index (κ3) is 1.96. The Morgan fingerprint density at radius 2 is 2.25 bits per heavy atom. The summed E-state index contributed by atoms with van der Waals surface area (Å²) in [6.45, 7) is -0.0194. The van der Waals surface area contributed by atoms with Crippen molar-refractivity contribution in [3.63, 3.8) is 0 Å². The second kappa shape index (κ2) is 4.01. The largest absolute Gasteiger partial charge is 0.259 e. The molecule has 1 saturated carbocycles. The Bertz CT molecular complexity index is 454. The Balaban J connectivity index is 2.04. The van der Waals surface area contributed by atoms with Crippen LogP contribution in [0.1, 0.15) is 17.8 Å². The second-order valence-electron chi connectivity index (χ2n) is 3.62. The first-order valence-electron chi connectivity index (χ1n) is 4.64. The number of nitrogens with one attached hydrogen (secondary N) is 1. The molecule has 2 rings (SSSR count). The number of nitrogens with zero attached hydrogens (tertiary/aromatic N) is 1. The molecule has 0 bridgehead atoms. The molecule has 16 heavy (non-hydrogen) atoms. The minimum atomic E-state index is -3.96. The Hall–Kier alpha value is -0.600.